The van der Waals surface area contributed by atoms with Gasteiger partial charge in [-0.1, -0.05) is 11.6 Å². The Morgan fingerprint density at radius 2 is 2.18 bits per heavy atom. The number of fused-ring (bicyclic) bond motifs is 1. The van der Waals surface area contributed by atoms with Crippen LogP contribution >= 0.6 is 27.5 Å². The van der Waals surface area contributed by atoms with Crippen molar-refractivity contribution >= 4 is 44.1 Å². The van der Waals surface area contributed by atoms with E-state index in [1.54, 1.807) is 0 Å². The first-order valence-electron chi connectivity index (χ1n) is 4.37. The first-order valence-corrected chi connectivity index (χ1v) is 5.54. The molecule has 0 spiro atoms. The number of ether oxygens (including phenoxy) is 1. The number of nitro groups is 1. The second-order valence-electron chi connectivity index (χ2n) is 3.06. The predicted molar refractivity (Wildman–Crippen MR) is 65.5 cm³/mol. The van der Waals surface area contributed by atoms with Crippen molar-refractivity contribution < 1.29 is 9.66 Å². The molecule has 6 nitrogen and oxygen atoms in total. The lowest BCUT2D eigenvalue weighted by molar-refractivity contribution is -0.384. The van der Waals surface area contributed by atoms with Crippen molar-refractivity contribution in [1.82, 2.24) is 9.97 Å². The molecule has 8 heteroatoms. The van der Waals surface area contributed by atoms with Crippen LogP contribution in [0.4, 0.5) is 5.69 Å². The van der Waals surface area contributed by atoms with E-state index in [0.717, 1.165) is 6.20 Å². The van der Waals surface area contributed by atoms with Crippen LogP contribution in [0.3, 0.4) is 0 Å². The fourth-order valence-corrected chi connectivity index (χ4v) is 2.17. The zero-order valence-electron chi connectivity index (χ0n) is 8.48. The molecule has 2 heterocycles. The Morgan fingerprint density at radius 3 is 2.76 bits per heavy atom. The highest BCUT2D eigenvalue weighted by Gasteiger charge is 2.19. The van der Waals surface area contributed by atoms with Crippen molar-refractivity contribution in [3.8, 4) is 5.88 Å². The molecule has 0 atom stereocenters. The molecule has 0 unspecified atom stereocenters. The second-order valence-corrected chi connectivity index (χ2v) is 4.23. The van der Waals surface area contributed by atoms with Gasteiger partial charge in [-0.05, 0) is 15.9 Å². The summed E-state index contributed by atoms with van der Waals surface area (Å²) in [5, 5.41) is 11.1. The molecule has 0 N–H and O–H groups in total. The van der Waals surface area contributed by atoms with Crippen LogP contribution in [-0.2, 0) is 0 Å². The summed E-state index contributed by atoms with van der Waals surface area (Å²) in [4.78, 5) is 18.1. The molecule has 2 rings (SSSR count). The normalized spacial score (nSPS) is 10.5. The van der Waals surface area contributed by atoms with Gasteiger partial charge in [0.25, 0.3) is 0 Å². The summed E-state index contributed by atoms with van der Waals surface area (Å²) in [5.41, 5.74) is 0.213. The van der Waals surface area contributed by atoms with E-state index in [1.807, 2.05) is 0 Å². The van der Waals surface area contributed by atoms with Crippen LogP contribution in [0.15, 0.2) is 16.9 Å². The molecular weight excluding hydrogens is 313 g/mol. The van der Waals surface area contributed by atoms with Crippen LogP contribution in [-0.4, -0.2) is 22.0 Å². The lowest BCUT2D eigenvalue weighted by Crippen LogP contribution is -1.95. The van der Waals surface area contributed by atoms with Gasteiger partial charge in [0.1, 0.15) is 15.7 Å². The van der Waals surface area contributed by atoms with Crippen LogP contribution in [0.5, 0.6) is 5.88 Å². The molecule has 2 aromatic heterocycles. The zero-order valence-corrected chi connectivity index (χ0v) is 10.8. The van der Waals surface area contributed by atoms with Gasteiger partial charge in [0.2, 0.25) is 5.88 Å². The smallest absolute Gasteiger partial charge is 0.306 e. The van der Waals surface area contributed by atoms with E-state index in [-0.39, 0.29) is 10.7 Å². The fraction of sp³-hybridized carbons (Fsp3) is 0.111. The lowest BCUT2D eigenvalue weighted by Gasteiger charge is -2.05. The van der Waals surface area contributed by atoms with Gasteiger partial charge in [-0.15, -0.1) is 0 Å². The summed E-state index contributed by atoms with van der Waals surface area (Å²) in [6.45, 7) is 0. The van der Waals surface area contributed by atoms with E-state index >= 15 is 0 Å². The molecule has 0 amide bonds. The van der Waals surface area contributed by atoms with Gasteiger partial charge < -0.3 is 4.74 Å². The third-order valence-electron chi connectivity index (χ3n) is 2.13. The molecule has 0 bridgehead atoms. The van der Waals surface area contributed by atoms with Crippen molar-refractivity contribution in [3.05, 3.63) is 32.0 Å². The van der Waals surface area contributed by atoms with Crippen LogP contribution in [0.2, 0.25) is 5.02 Å². The summed E-state index contributed by atoms with van der Waals surface area (Å²) in [6, 6.07) is 0. The molecular formula is C9H5BrClN3O3. The van der Waals surface area contributed by atoms with Crippen LogP contribution in [0.25, 0.3) is 10.9 Å². The SMILES string of the molecule is COc1ncc2c(Cl)c([N+](=O)[O-])cnc2c1Br. The predicted octanol–water partition coefficient (Wildman–Crippen LogP) is 2.96. The maximum absolute atomic E-state index is 10.7. The van der Waals surface area contributed by atoms with Gasteiger partial charge in [-0.2, -0.15) is 0 Å². The number of pyridine rings is 2. The van der Waals surface area contributed by atoms with E-state index in [1.165, 1.54) is 13.3 Å². The summed E-state index contributed by atoms with van der Waals surface area (Å²) in [6.07, 6.45) is 2.50. The van der Waals surface area contributed by atoms with Gasteiger partial charge in [0.05, 0.1) is 17.5 Å². The fourth-order valence-electron chi connectivity index (χ4n) is 1.34. The molecule has 2 aromatic rings. The quantitative estimate of drug-likeness (QED) is 0.628. The van der Waals surface area contributed by atoms with E-state index < -0.39 is 4.92 Å². The van der Waals surface area contributed by atoms with Crippen LogP contribution < -0.4 is 4.74 Å². The number of hydrogen-bond acceptors (Lipinski definition) is 5. The third kappa shape index (κ3) is 1.91. The highest BCUT2D eigenvalue weighted by Crippen LogP contribution is 2.36. The van der Waals surface area contributed by atoms with Crippen molar-refractivity contribution in [3.63, 3.8) is 0 Å². The summed E-state index contributed by atoms with van der Waals surface area (Å²) in [5.74, 6) is 0.343. The summed E-state index contributed by atoms with van der Waals surface area (Å²) in [7, 11) is 1.46. The number of hydrogen-bond donors (Lipinski definition) is 0. The van der Waals surface area contributed by atoms with Crippen molar-refractivity contribution in [2.75, 3.05) is 7.11 Å². The molecule has 0 fully saturated rings. The topological polar surface area (TPSA) is 78.2 Å². The van der Waals surface area contributed by atoms with E-state index in [9.17, 15) is 10.1 Å². The Bertz CT molecular complexity index is 620. The van der Waals surface area contributed by atoms with Crippen molar-refractivity contribution in [1.29, 1.82) is 0 Å². The molecule has 0 radical (unpaired) electrons. The third-order valence-corrected chi connectivity index (χ3v) is 3.24. The molecule has 0 aliphatic rings. The molecule has 17 heavy (non-hydrogen) atoms. The number of aromatic nitrogens is 2. The van der Waals surface area contributed by atoms with Gasteiger partial charge >= 0.3 is 5.69 Å². The molecule has 0 aliphatic carbocycles. The molecule has 0 saturated heterocycles. The number of rotatable bonds is 2. The Morgan fingerprint density at radius 1 is 1.47 bits per heavy atom. The molecule has 0 saturated carbocycles. The Hall–Kier alpha value is -1.47. The maximum Gasteiger partial charge on any atom is 0.306 e. The zero-order chi connectivity index (χ0) is 12.6. The Labute approximate surface area is 109 Å². The van der Waals surface area contributed by atoms with E-state index in [4.69, 9.17) is 16.3 Å². The standard InChI is InChI=1S/C9H5BrClN3O3/c1-17-9-6(10)8-4(2-13-9)7(11)5(3-12-8)14(15)16/h2-3H,1H3. The maximum atomic E-state index is 10.7. The first-order chi connectivity index (χ1) is 8.06. The average molecular weight is 319 g/mol. The number of halogens is 2. The minimum atomic E-state index is -0.590. The van der Waals surface area contributed by atoms with Gasteiger partial charge in [-0.25, -0.2) is 9.97 Å². The average Bonchev–Trinajstić information content (AvgIpc) is 2.30. The molecule has 0 aliphatic heterocycles. The summed E-state index contributed by atoms with van der Waals surface area (Å²) < 4.78 is 5.50. The molecule has 88 valence electrons. The van der Waals surface area contributed by atoms with E-state index in [2.05, 4.69) is 25.9 Å². The Kier molecular flexibility index (Phi) is 3.12. The highest BCUT2D eigenvalue weighted by atomic mass is 79.9. The van der Waals surface area contributed by atoms with Gasteiger partial charge in [0.15, 0.2) is 0 Å². The monoisotopic (exact) mass is 317 g/mol. The molecule has 0 aromatic carbocycles. The van der Waals surface area contributed by atoms with Crippen molar-refractivity contribution in [2.45, 2.75) is 0 Å². The lowest BCUT2D eigenvalue weighted by atomic mass is 10.2. The Balaban J connectivity index is 2.81. The number of methoxy groups -OCH3 is 1. The minimum Gasteiger partial charge on any atom is -0.480 e. The van der Waals surface area contributed by atoms with Gasteiger partial charge in [-0.3, -0.25) is 10.1 Å². The second kappa shape index (κ2) is 4.42. The minimum absolute atomic E-state index is 0.0100. The van der Waals surface area contributed by atoms with Crippen molar-refractivity contribution in [2.24, 2.45) is 0 Å². The highest BCUT2D eigenvalue weighted by molar-refractivity contribution is 9.10. The van der Waals surface area contributed by atoms with E-state index in [0.29, 0.717) is 21.3 Å². The summed E-state index contributed by atoms with van der Waals surface area (Å²) >= 11 is 9.18. The van der Waals surface area contributed by atoms with Gasteiger partial charge in [0, 0.05) is 11.6 Å². The largest absolute Gasteiger partial charge is 0.480 e. The first kappa shape index (κ1) is 12.0. The number of nitrogens with zero attached hydrogens (tertiary/aromatic N) is 3. The van der Waals surface area contributed by atoms with Crippen LogP contribution in [0.1, 0.15) is 0 Å². The van der Waals surface area contributed by atoms with Crippen LogP contribution in [0, 0.1) is 10.1 Å².